The Morgan fingerprint density at radius 2 is 2.08 bits per heavy atom. The second-order valence-corrected chi connectivity index (χ2v) is 8.20. The summed E-state index contributed by atoms with van der Waals surface area (Å²) in [4.78, 5) is 19.7. The SMILES string of the molecule is Cc1cc(Nc2cccc(C(=O)O)c2)nc(NC2CCS(=O)(=O)C2)n1. The van der Waals surface area contributed by atoms with Gasteiger partial charge in [-0.2, -0.15) is 4.98 Å². The molecular weight excluding hydrogens is 344 g/mol. The van der Waals surface area contributed by atoms with Gasteiger partial charge < -0.3 is 15.7 Å². The number of hydrogen-bond donors (Lipinski definition) is 3. The van der Waals surface area contributed by atoms with E-state index in [4.69, 9.17) is 5.11 Å². The van der Waals surface area contributed by atoms with E-state index in [0.717, 1.165) is 0 Å². The quantitative estimate of drug-likeness (QED) is 0.736. The number of nitrogens with zero attached hydrogens (tertiary/aromatic N) is 2. The Morgan fingerprint density at radius 3 is 2.76 bits per heavy atom. The van der Waals surface area contributed by atoms with E-state index in [1.54, 1.807) is 25.1 Å². The molecule has 1 aliphatic heterocycles. The Balaban J connectivity index is 1.78. The molecule has 25 heavy (non-hydrogen) atoms. The van der Waals surface area contributed by atoms with Gasteiger partial charge in [0.25, 0.3) is 0 Å². The second kappa shape index (κ2) is 6.67. The average molecular weight is 362 g/mol. The van der Waals surface area contributed by atoms with Crippen LogP contribution in [0.2, 0.25) is 0 Å². The van der Waals surface area contributed by atoms with Crippen LogP contribution in [0.3, 0.4) is 0 Å². The van der Waals surface area contributed by atoms with Gasteiger partial charge >= 0.3 is 5.97 Å². The molecule has 3 N–H and O–H groups in total. The summed E-state index contributed by atoms with van der Waals surface area (Å²) in [6, 6.07) is 7.92. The molecule has 1 unspecified atom stereocenters. The van der Waals surface area contributed by atoms with Gasteiger partial charge in [-0.1, -0.05) is 6.07 Å². The number of carboxylic acid groups (broad SMARTS) is 1. The molecule has 0 spiro atoms. The number of carboxylic acids is 1. The van der Waals surface area contributed by atoms with Gasteiger partial charge in [0.2, 0.25) is 5.95 Å². The molecule has 132 valence electrons. The van der Waals surface area contributed by atoms with E-state index in [9.17, 15) is 13.2 Å². The first kappa shape index (κ1) is 17.2. The van der Waals surface area contributed by atoms with Gasteiger partial charge in [0.1, 0.15) is 5.82 Å². The lowest BCUT2D eigenvalue weighted by atomic mass is 10.2. The summed E-state index contributed by atoms with van der Waals surface area (Å²) >= 11 is 0. The van der Waals surface area contributed by atoms with Crippen molar-refractivity contribution in [2.45, 2.75) is 19.4 Å². The zero-order valence-electron chi connectivity index (χ0n) is 13.6. The standard InChI is InChI=1S/C16H18N4O4S/c1-10-7-14(18-12-4-2-3-11(8-12)15(21)22)20-16(17-10)19-13-5-6-25(23,24)9-13/h2-4,7-8,13H,5-6,9H2,1H3,(H,21,22)(H2,17,18,19,20). The molecule has 1 atom stereocenters. The monoisotopic (exact) mass is 362 g/mol. The van der Waals surface area contributed by atoms with Gasteiger partial charge in [-0.25, -0.2) is 18.2 Å². The minimum absolute atomic E-state index is 0.0771. The van der Waals surface area contributed by atoms with Crippen LogP contribution in [0.15, 0.2) is 30.3 Å². The van der Waals surface area contributed by atoms with Crippen molar-refractivity contribution in [3.63, 3.8) is 0 Å². The van der Waals surface area contributed by atoms with Gasteiger partial charge in [0.15, 0.2) is 9.84 Å². The van der Waals surface area contributed by atoms with E-state index < -0.39 is 15.8 Å². The molecule has 2 heterocycles. The molecule has 1 aromatic heterocycles. The molecular formula is C16H18N4O4S. The number of aryl methyl sites for hydroxylation is 1. The summed E-state index contributed by atoms with van der Waals surface area (Å²) < 4.78 is 23.1. The van der Waals surface area contributed by atoms with Crippen molar-refractivity contribution < 1.29 is 18.3 Å². The van der Waals surface area contributed by atoms with E-state index >= 15 is 0 Å². The van der Waals surface area contributed by atoms with Crippen LogP contribution >= 0.6 is 0 Å². The Morgan fingerprint density at radius 1 is 1.28 bits per heavy atom. The third-order valence-corrected chi connectivity index (χ3v) is 5.57. The highest BCUT2D eigenvalue weighted by Gasteiger charge is 2.28. The molecule has 2 aromatic rings. The first-order valence-corrected chi connectivity index (χ1v) is 9.56. The number of nitrogens with one attached hydrogen (secondary N) is 2. The second-order valence-electron chi connectivity index (χ2n) is 5.97. The molecule has 9 heteroatoms. The van der Waals surface area contributed by atoms with E-state index in [1.807, 2.05) is 0 Å². The summed E-state index contributed by atoms with van der Waals surface area (Å²) in [6.45, 7) is 1.80. The molecule has 0 amide bonds. The molecule has 1 aromatic carbocycles. The highest BCUT2D eigenvalue weighted by atomic mass is 32.2. The number of rotatable bonds is 5. The van der Waals surface area contributed by atoms with Crippen LogP contribution in [0.5, 0.6) is 0 Å². The zero-order chi connectivity index (χ0) is 18.0. The van der Waals surface area contributed by atoms with E-state index in [1.165, 1.54) is 12.1 Å². The number of sulfone groups is 1. The summed E-state index contributed by atoms with van der Waals surface area (Å²) in [5.74, 6) is 0.0850. The first-order valence-electron chi connectivity index (χ1n) is 7.74. The van der Waals surface area contributed by atoms with Crippen LogP contribution < -0.4 is 10.6 Å². The number of anilines is 3. The Labute approximate surface area is 145 Å². The van der Waals surface area contributed by atoms with Crippen LogP contribution in [0.4, 0.5) is 17.5 Å². The molecule has 0 saturated carbocycles. The first-order chi connectivity index (χ1) is 11.8. The van der Waals surface area contributed by atoms with Crippen LogP contribution in [-0.4, -0.2) is 47.0 Å². The fraction of sp³-hybridized carbons (Fsp3) is 0.312. The molecule has 1 saturated heterocycles. The molecule has 1 fully saturated rings. The summed E-state index contributed by atoms with van der Waals surface area (Å²) in [5, 5.41) is 15.2. The highest BCUT2D eigenvalue weighted by molar-refractivity contribution is 7.91. The lowest BCUT2D eigenvalue weighted by Crippen LogP contribution is -2.22. The number of benzene rings is 1. The Kier molecular flexibility index (Phi) is 4.58. The Bertz CT molecular complexity index is 914. The molecule has 1 aliphatic rings. The fourth-order valence-electron chi connectivity index (χ4n) is 2.67. The molecule has 0 aliphatic carbocycles. The van der Waals surface area contributed by atoms with Crippen LogP contribution in [0.25, 0.3) is 0 Å². The molecule has 8 nitrogen and oxygen atoms in total. The molecule has 3 rings (SSSR count). The predicted molar refractivity (Wildman–Crippen MR) is 94.1 cm³/mol. The lowest BCUT2D eigenvalue weighted by Gasteiger charge is -2.13. The third-order valence-electron chi connectivity index (χ3n) is 3.80. The van der Waals surface area contributed by atoms with E-state index in [0.29, 0.717) is 29.6 Å². The minimum atomic E-state index is -2.99. The number of hydrogen-bond acceptors (Lipinski definition) is 7. The molecule has 0 bridgehead atoms. The van der Waals surface area contributed by atoms with Gasteiger partial charge in [-0.05, 0) is 31.5 Å². The van der Waals surface area contributed by atoms with Crippen molar-refractivity contribution in [1.82, 2.24) is 9.97 Å². The van der Waals surface area contributed by atoms with Gasteiger partial charge in [-0.15, -0.1) is 0 Å². The van der Waals surface area contributed by atoms with Gasteiger partial charge in [-0.3, -0.25) is 0 Å². The van der Waals surface area contributed by atoms with Crippen LogP contribution in [-0.2, 0) is 9.84 Å². The number of carbonyl (C=O) groups is 1. The van der Waals surface area contributed by atoms with Crippen molar-refractivity contribution >= 4 is 33.3 Å². The molecule has 0 radical (unpaired) electrons. The minimum Gasteiger partial charge on any atom is -0.478 e. The largest absolute Gasteiger partial charge is 0.478 e. The van der Waals surface area contributed by atoms with Crippen molar-refractivity contribution in [2.24, 2.45) is 0 Å². The van der Waals surface area contributed by atoms with E-state index in [2.05, 4.69) is 20.6 Å². The summed E-state index contributed by atoms with van der Waals surface area (Å²) in [7, 11) is -2.99. The van der Waals surface area contributed by atoms with Gasteiger partial charge in [0, 0.05) is 23.5 Å². The third kappa shape index (κ3) is 4.44. The number of aromatic nitrogens is 2. The smallest absolute Gasteiger partial charge is 0.335 e. The Hall–Kier alpha value is -2.68. The predicted octanol–water partition coefficient (Wildman–Crippen LogP) is 1.83. The lowest BCUT2D eigenvalue weighted by molar-refractivity contribution is 0.0697. The zero-order valence-corrected chi connectivity index (χ0v) is 14.4. The maximum Gasteiger partial charge on any atom is 0.335 e. The maximum atomic E-state index is 11.6. The normalized spacial score (nSPS) is 18.7. The average Bonchev–Trinajstić information content (AvgIpc) is 2.85. The summed E-state index contributed by atoms with van der Waals surface area (Å²) in [5.41, 5.74) is 1.47. The van der Waals surface area contributed by atoms with Crippen molar-refractivity contribution in [1.29, 1.82) is 0 Å². The van der Waals surface area contributed by atoms with Crippen LogP contribution in [0.1, 0.15) is 22.5 Å². The van der Waals surface area contributed by atoms with Crippen molar-refractivity contribution in [3.8, 4) is 0 Å². The van der Waals surface area contributed by atoms with E-state index in [-0.39, 0.29) is 23.1 Å². The van der Waals surface area contributed by atoms with Crippen molar-refractivity contribution in [3.05, 3.63) is 41.6 Å². The highest BCUT2D eigenvalue weighted by Crippen LogP contribution is 2.20. The number of aromatic carboxylic acids is 1. The maximum absolute atomic E-state index is 11.6. The topological polar surface area (TPSA) is 121 Å². The van der Waals surface area contributed by atoms with Gasteiger partial charge in [0.05, 0.1) is 17.1 Å². The fourth-order valence-corrected chi connectivity index (χ4v) is 4.34. The van der Waals surface area contributed by atoms with Crippen molar-refractivity contribution in [2.75, 3.05) is 22.1 Å². The summed E-state index contributed by atoms with van der Waals surface area (Å²) in [6.07, 6.45) is 0.531. The van der Waals surface area contributed by atoms with Crippen LogP contribution in [0, 0.1) is 6.92 Å².